The molecular weight excluding hydrogens is 380 g/mol. The number of ether oxygens (including phenoxy) is 1. The average Bonchev–Trinajstić information content (AvgIpc) is 2.68. The first-order chi connectivity index (χ1) is 13.3. The summed E-state index contributed by atoms with van der Waals surface area (Å²) in [4.78, 5) is 3.87. The molecule has 0 saturated carbocycles. The van der Waals surface area contributed by atoms with Gasteiger partial charge in [0, 0.05) is 17.0 Å². The number of fused-ring (bicyclic) bond motifs is 2. The smallest absolute Gasteiger partial charge is 0.294 e. The van der Waals surface area contributed by atoms with Crippen LogP contribution < -0.4 is 10.5 Å². The molecular formula is C20H18N2O5S. The van der Waals surface area contributed by atoms with E-state index in [4.69, 9.17) is 15.0 Å². The molecule has 0 aliphatic rings. The monoisotopic (exact) mass is 398 g/mol. The molecule has 3 aromatic carbocycles. The van der Waals surface area contributed by atoms with Crippen molar-refractivity contribution >= 4 is 37.5 Å². The molecule has 0 radical (unpaired) electrons. The molecule has 0 spiro atoms. The number of anilines is 1. The molecule has 7 nitrogen and oxygen atoms in total. The summed E-state index contributed by atoms with van der Waals surface area (Å²) in [5.41, 5.74) is 6.95. The van der Waals surface area contributed by atoms with Crippen molar-refractivity contribution in [2.45, 2.75) is 4.90 Å². The van der Waals surface area contributed by atoms with E-state index in [0.29, 0.717) is 27.7 Å². The number of hydrogen-bond donors (Lipinski definition) is 3. The van der Waals surface area contributed by atoms with Crippen LogP contribution in [0.15, 0.2) is 71.8 Å². The predicted octanol–water partition coefficient (Wildman–Crippen LogP) is 3.62. The summed E-state index contributed by atoms with van der Waals surface area (Å²) < 4.78 is 36.0. The lowest BCUT2D eigenvalue weighted by atomic mass is 10.1. The van der Waals surface area contributed by atoms with Crippen molar-refractivity contribution in [3.05, 3.63) is 66.9 Å². The first kappa shape index (κ1) is 19.4. The number of nitrogens with zero attached hydrogens (tertiary/aromatic N) is 1. The van der Waals surface area contributed by atoms with Gasteiger partial charge in [0.15, 0.2) is 0 Å². The Balaban J connectivity index is 0.000000176. The number of para-hydroxylation sites is 1. The summed E-state index contributed by atoms with van der Waals surface area (Å²) in [6, 6.07) is 16.6. The van der Waals surface area contributed by atoms with E-state index >= 15 is 0 Å². The van der Waals surface area contributed by atoms with Crippen LogP contribution in [-0.4, -0.2) is 30.2 Å². The van der Waals surface area contributed by atoms with Gasteiger partial charge in [0.25, 0.3) is 10.1 Å². The fourth-order valence-electron chi connectivity index (χ4n) is 2.74. The Bertz CT molecular complexity index is 1250. The number of benzene rings is 3. The molecule has 0 atom stereocenters. The Labute approximate surface area is 161 Å². The van der Waals surface area contributed by atoms with E-state index in [1.165, 1.54) is 25.3 Å². The van der Waals surface area contributed by atoms with Gasteiger partial charge in [-0.3, -0.25) is 9.54 Å². The van der Waals surface area contributed by atoms with Crippen molar-refractivity contribution in [3.8, 4) is 11.5 Å². The SMILES string of the molecule is COc1ccc2cc(S(=O)(=O)O)ccc2c1N.Oc1cccc2cccnc12. The molecule has 0 amide bonds. The second-order valence-corrected chi connectivity index (χ2v) is 7.31. The van der Waals surface area contributed by atoms with Crippen molar-refractivity contribution in [1.29, 1.82) is 0 Å². The van der Waals surface area contributed by atoms with Crippen molar-refractivity contribution in [1.82, 2.24) is 4.98 Å². The van der Waals surface area contributed by atoms with Crippen molar-refractivity contribution in [2.75, 3.05) is 12.8 Å². The number of nitrogens with two attached hydrogens (primary N) is 1. The van der Waals surface area contributed by atoms with Crippen LogP contribution in [0.5, 0.6) is 11.5 Å². The number of phenols is 1. The molecule has 4 N–H and O–H groups in total. The van der Waals surface area contributed by atoms with Crippen LogP contribution in [0, 0.1) is 0 Å². The predicted molar refractivity (Wildman–Crippen MR) is 108 cm³/mol. The number of phenolic OH excluding ortho intramolecular Hbond substituents is 1. The molecule has 0 aliphatic carbocycles. The van der Waals surface area contributed by atoms with Crippen LogP contribution in [0.3, 0.4) is 0 Å². The van der Waals surface area contributed by atoms with Gasteiger partial charge in [-0.15, -0.1) is 0 Å². The highest BCUT2D eigenvalue weighted by atomic mass is 32.2. The second-order valence-electron chi connectivity index (χ2n) is 5.89. The first-order valence-electron chi connectivity index (χ1n) is 8.17. The Morgan fingerprint density at radius 2 is 1.75 bits per heavy atom. The van der Waals surface area contributed by atoms with Crippen LogP contribution >= 0.6 is 0 Å². The van der Waals surface area contributed by atoms with Gasteiger partial charge in [0.1, 0.15) is 17.0 Å². The maximum absolute atomic E-state index is 11.0. The van der Waals surface area contributed by atoms with E-state index in [9.17, 15) is 13.5 Å². The van der Waals surface area contributed by atoms with Gasteiger partial charge < -0.3 is 15.6 Å². The lowest BCUT2D eigenvalue weighted by molar-refractivity contribution is 0.417. The minimum absolute atomic E-state index is 0.158. The van der Waals surface area contributed by atoms with Gasteiger partial charge in [0.2, 0.25) is 0 Å². The summed E-state index contributed by atoms with van der Waals surface area (Å²) in [5.74, 6) is 0.764. The molecule has 144 valence electrons. The van der Waals surface area contributed by atoms with Crippen LogP contribution in [0.4, 0.5) is 5.69 Å². The number of pyridine rings is 1. The molecule has 28 heavy (non-hydrogen) atoms. The van der Waals surface area contributed by atoms with Crippen LogP contribution in [0.1, 0.15) is 0 Å². The molecule has 1 aromatic heterocycles. The lowest BCUT2D eigenvalue weighted by Crippen LogP contribution is -1.98. The number of aromatic hydroxyl groups is 1. The number of methoxy groups -OCH3 is 1. The van der Waals surface area contributed by atoms with E-state index in [-0.39, 0.29) is 10.6 Å². The van der Waals surface area contributed by atoms with Crippen molar-refractivity contribution in [3.63, 3.8) is 0 Å². The highest BCUT2D eigenvalue weighted by molar-refractivity contribution is 7.85. The maximum Gasteiger partial charge on any atom is 0.294 e. The third kappa shape index (κ3) is 3.98. The first-order valence-corrected chi connectivity index (χ1v) is 9.61. The maximum atomic E-state index is 11.0. The highest BCUT2D eigenvalue weighted by Crippen LogP contribution is 2.31. The molecule has 8 heteroatoms. The van der Waals surface area contributed by atoms with E-state index in [1.807, 2.05) is 18.2 Å². The number of nitrogen functional groups attached to an aromatic ring is 1. The molecule has 0 fully saturated rings. The van der Waals surface area contributed by atoms with E-state index in [1.54, 1.807) is 30.5 Å². The second kappa shape index (κ2) is 7.71. The van der Waals surface area contributed by atoms with Gasteiger partial charge in [-0.25, -0.2) is 0 Å². The minimum Gasteiger partial charge on any atom is -0.506 e. The number of aromatic nitrogens is 1. The Hall–Kier alpha value is -3.36. The molecule has 0 aliphatic heterocycles. The van der Waals surface area contributed by atoms with E-state index in [0.717, 1.165) is 5.39 Å². The number of rotatable bonds is 2. The van der Waals surface area contributed by atoms with Gasteiger partial charge >= 0.3 is 0 Å². The minimum atomic E-state index is -4.19. The zero-order chi connectivity index (χ0) is 20.3. The molecule has 4 rings (SSSR count). The summed E-state index contributed by atoms with van der Waals surface area (Å²) in [6.45, 7) is 0. The fraction of sp³-hybridized carbons (Fsp3) is 0.0500. The Kier molecular flexibility index (Phi) is 5.34. The largest absolute Gasteiger partial charge is 0.506 e. The molecule has 0 saturated heterocycles. The van der Waals surface area contributed by atoms with Crippen LogP contribution in [0.2, 0.25) is 0 Å². The van der Waals surface area contributed by atoms with Gasteiger partial charge in [0.05, 0.1) is 17.7 Å². The molecule has 0 bridgehead atoms. The van der Waals surface area contributed by atoms with Gasteiger partial charge in [-0.05, 0) is 35.7 Å². The third-order valence-electron chi connectivity index (χ3n) is 4.12. The highest BCUT2D eigenvalue weighted by Gasteiger charge is 2.11. The zero-order valence-electron chi connectivity index (χ0n) is 14.9. The van der Waals surface area contributed by atoms with Crippen molar-refractivity contribution < 1.29 is 22.8 Å². The summed E-state index contributed by atoms with van der Waals surface area (Å²) in [7, 11) is -2.69. The molecule has 0 unspecified atom stereocenters. The summed E-state index contributed by atoms with van der Waals surface area (Å²) in [5, 5.41) is 11.6. The van der Waals surface area contributed by atoms with Gasteiger partial charge in [-0.2, -0.15) is 8.42 Å². The molecule has 1 heterocycles. The summed E-state index contributed by atoms with van der Waals surface area (Å²) >= 11 is 0. The van der Waals surface area contributed by atoms with Gasteiger partial charge in [-0.1, -0.05) is 30.3 Å². The standard InChI is InChI=1S/C11H11NO4S.C9H7NO/c1-16-10-5-2-7-6-8(17(13,14)15)3-4-9(7)11(10)12;11-8-5-1-3-7-4-2-6-10-9(7)8/h2-6H,12H2,1H3,(H,13,14,15);1-6,11H. The number of hydrogen-bond acceptors (Lipinski definition) is 6. The van der Waals surface area contributed by atoms with Crippen molar-refractivity contribution in [2.24, 2.45) is 0 Å². The molecule has 4 aromatic rings. The quantitative estimate of drug-likeness (QED) is 0.348. The van der Waals surface area contributed by atoms with E-state index < -0.39 is 10.1 Å². The third-order valence-corrected chi connectivity index (χ3v) is 4.97. The Morgan fingerprint density at radius 1 is 1.00 bits per heavy atom. The van der Waals surface area contributed by atoms with E-state index in [2.05, 4.69) is 4.98 Å². The zero-order valence-corrected chi connectivity index (χ0v) is 15.7. The Morgan fingerprint density at radius 3 is 2.43 bits per heavy atom. The fourth-order valence-corrected chi connectivity index (χ4v) is 3.25. The lowest BCUT2D eigenvalue weighted by Gasteiger charge is -2.08. The average molecular weight is 398 g/mol. The normalized spacial score (nSPS) is 11.1. The van der Waals surface area contributed by atoms with Crippen LogP contribution in [-0.2, 0) is 10.1 Å². The topological polar surface area (TPSA) is 123 Å². The van der Waals surface area contributed by atoms with Crippen LogP contribution in [0.25, 0.3) is 21.7 Å². The summed E-state index contributed by atoms with van der Waals surface area (Å²) in [6.07, 6.45) is 1.67.